The zero-order valence-electron chi connectivity index (χ0n) is 13.0. The van der Waals surface area contributed by atoms with Gasteiger partial charge in [0.25, 0.3) is 10.2 Å². The van der Waals surface area contributed by atoms with E-state index in [-0.39, 0.29) is 6.04 Å². The molecule has 0 saturated carbocycles. The number of anilines is 1. The van der Waals surface area contributed by atoms with Gasteiger partial charge in [-0.05, 0) is 25.3 Å². The lowest BCUT2D eigenvalue weighted by atomic mass is 10.1. The monoisotopic (exact) mass is 358 g/mol. The summed E-state index contributed by atoms with van der Waals surface area (Å²) in [4.78, 5) is 6.53. The minimum absolute atomic E-state index is 0.0874. The van der Waals surface area contributed by atoms with E-state index >= 15 is 0 Å². The van der Waals surface area contributed by atoms with Gasteiger partial charge in [0, 0.05) is 32.4 Å². The van der Waals surface area contributed by atoms with Crippen LogP contribution < -0.4 is 10.0 Å². The van der Waals surface area contributed by atoms with Crippen molar-refractivity contribution in [1.82, 2.24) is 18.9 Å². The van der Waals surface area contributed by atoms with Crippen LogP contribution in [0.5, 0.6) is 0 Å². The maximum absolute atomic E-state index is 11.5. The molecule has 0 unspecified atom stereocenters. The van der Waals surface area contributed by atoms with Gasteiger partial charge in [-0.3, -0.25) is 0 Å². The second-order valence-corrected chi connectivity index (χ2v) is 7.77. The number of nitrogens with zero attached hydrogens (tertiary/aromatic N) is 5. The second-order valence-electron chi connectivity index (χ2n) is 5.76. The second kappa shape index (κ2) is 5.90. The number of fused-ring (bicyclic) bond motifs is 1. The number of hydrogen-bond acceptors (Lipinski definition) is 5. The minimum Gasteiger partial charge on any atom is -0.355 e. The fourth-order valence-electron chi connectivity index (χ4n) is 2.99. The number of piperidine rings is 1. The zero-order chi connectivity index (χ0) is 16.8. The van der Waals surface area contributed by atoms with Gasteiger partial charge in [0.2, 0.25) is 0 Å². The molecule has 0 spiro atoms. The van der Waals surface area contributed by atoms with Gasteiger partial charge in [-0.25, -0.2) is 14.6 Å². The highest BCUT2D eigenvalue weighted by Gasteiger charge is 2.29. The van der Waals surface area contributed by atoms with Crippen LogP contribution in [0.25, 0.3) is 5.52 Å². The Morgan fingerprint density at radius 3 is 2.65 bits per heavy atom. The number of hydrogen-bond donors (Lipinski definition) is 1. The number of rotatable bonds is 3. The molecule has 3 rings (SSSR count). The van der Waals surface area contributed by atoms with Gasteiger partial charge in [-0.1, -0.05) is 11.6 Å². The van der Waals surface area contributed by atoms with Crippen LogP contribution in [0, 0.1) is 6.92 Å². The molecule has 2 N–H and O–H groups in total. The highest BCUT2D eigenvalue weighted by molar-refractivity contribution is 7.86. The summed E-state index contributed by atoms with van der Waals surface area (Å²) in [5.41, 5.74) is 1.82. The summed E-state index contributed by atoms with van der Waals surface area (Å²) in [6, 6.07) is -0.0874. The Morgan fingerprint density at radius 1 is 1.39 bits per heavy atom. The first-order chi connectivity index (χ1) is 10.8. The van der Waals surface area contributed by atoms with E-state index in [2.05, 4.69) is 15.0 Å². The Morgan fingerprint density at radius 2 is 2.04 bits per heavy atom. The fraction of sp³-hybridized carbons (Fsp3) is 0.538. The molecule has 0 bridgehead atoms. The highest BCUT2D eigenvalue weighted by atomic mass is 35.5. The number of nitrogens with two attached hydrogens (primary N) is 1. The molecular formula is C13H19ClN6O2S. The molecule has 0 radical (unpaired) electrons. The molecule has 1 saturated heterocycles. The standard InChI is InChI=1S/C13H19ClN6O2S/c1-9-11(14)7-20-12(9)13(16-8-17-20)19-5-3-10(4-6-19)18(2)23(15,21)22/h7-8,10H,3-6H2,1-2H3,(H2,15,21,22). The molecule has 126 valence electrons. The maximum atomic E-state index is 11.5. The summed E-state index contributed by atoms with van der Waals surface area (Å²) in [5.74, 6) is 0.820. The molecule has 23 heavy (non-hydrogen) atoms. The van der Waals surface area contributed by atoms with Crippen LogP contribution in [0.15, 0.2) is 12.5 Å². The van der Waals surface area contributed by atoms with E-state index in [0.29, 0.717) is 31.0 Å². The third kappa shape index (κ3) is 3.01. The van der Waals surface area contributed by atoms with Gasteiger partial charge in [0.15, 0.2) is 5.82 Å². The molecule has 0 amide bonds. The van der Waals surface area contributed by atoms with E-state index in [1.165, 1.54) is 17.7 Å². The first-order valence-electron chi connectivity index (χ1n) is 7.28. The Hall–Kier alpha value is -1.42. The first-order valence-corrected chi connectivity index (χ1v) is 9.16. The van der Waals surface area contributed by atoms with Crippen molar-refractivity contribution in [2.24, 2.45) is 5.14 Å². The average molecular weight is 359 g/mol. The number of aromatic nitrogens is 3. The zero-order valence-corrected chi connectivity index (χ0v) is 14.5. The Bertz CT molecular complexity index is 828. The SMILES string of the molecule is Cc1c(Cl)cn2ncnc(N3CCC(N(C)S(N)(=O)=O)CC3)c12. The van der Waals surface area contributed by atoms with Crippen molar-refractivity contribution >= 4 is 33.1 Å². The van der Waals surface area contributed by atoms with E-state index in [0.717, 1.165) is 16.9 Å². The molecular weight excluding hydrogens is 340 g/mol. The van der Waals surface area contributed by atoms with E-state index in [4.69, 9.17) is 16.7 Å². The summed E-state index contributed by atoms with van der Waals surface area (Å²) in [5, 5.41) is 10.0. The predicted octanol–water partition coefficient (Wildman–Crippen LogP) is 0.795. The molecule has 10 heteroatoms. The fourth-order valence-corrected chi connectivity index (χ4v) is 3.80. The van der Waals surface area contributed by atoms with Crippen LogP contribution in [0.2, 0.25) is 5.02 Å². The largest absolute Gasteiger partial charge is 0.355 e. The molecule has 1 aliphatic heterocycles. The van der Waals surface area contributed by atoms with Crippen molar-refractivity contribution in [3.63, 3.8) is 0 Å². The highest BCUT2D eigenvalue weighted by Crippen LogP contribution is 2.30. The summed E-state index contributed by atoms with van der Waals surface area (Å²) < 4.78 is 25.9. The van der Waals surface area contributed by atoms with Gasteiger partial charge < -0.3 is 4.90 Å². The van der Waals surface area contributed by atoms with Crippen LogP contribution in [0.3, 0.4) is 0 Å². The lowest BCUT2D eigenvalue weighted by molar-refractivity contribution is 0.312. The smallest absolute Gasteiger partial charge is 0.276 e. The predicted molar refractivity (Wildman–Crippen MR) is 88.8 cm³/mol. The van der Waals surface area contributed by atoms with E-state index in [1.807, 2.05) is 6.92 Å². The Labute approximate surface area is 140 Å². The van der Waals surface area contributed by atoms with Gasteiger partial charge >= 0.3 is 0 Å². The minimum atomic E-state index is -3.65. The normalized spacial score (nSPS) is 17.3. The molecule has 0 atom stereocenters. The van der Waals surface area contributed by atoms with E-state index in [1.54, 1.807) is 10.7 Å². The summed E-state index contributed by atoms with van der Waals surface area (Å²) in [6.07, 6.45) is 4.65. The molecule has 0 aromatic carbocycles. The van der Waals surface area contributed by atoms with Crippen LogP contribution in [-0.4, -0.2) is 53.5 Å². The lowest BCUT2D eigenvalue weighted by Gasteiger charge is -2.36. The van der Waals surface area contributed by atoms with Gasteiger partial charge in [0.05, 0.1) is 5.02 Å². The van der Waals surface area contributed by atoms with Crippen LogP contribution >= 0.6 is 11.6 Å². The van der Waals surface area contributed by atoms with Gasteiger partial charge in [0.1, 0.15) is 11.8 Å². The van der Waals surface area contributed by atoms with E-state index < -0.39 is 10.2 Å². The first kappa shape index (κ1) is 16.4. The lowest BCUT2D eigenvalue weighted by Crippen LogP contribution is -2.47. The molecule has 2 aromatic rings. The third-order valence-corrected chi connectivity index (χ3v) is 5.91. The van der Waals surface area contributed by atoms with Crippen molar-refractivity contribution in [2.45, 2.75) is 25.8 Å². The number of aryl methyl sites for hydroxylation is 1. The Balaban J connectivity index is 1.84. The Kier molecular flexibility index (Phi) is 4.21. The van der Waals surface area contributed by atoms with Crippen molar-refractivity contribution in [3.05, 3.63) is 23.1 Å². The van der Waals surface area contributed by atoms with Crippen LogP contribution in [0.1, 0.15) is 18.4 Å². The van der Waals surface area contributed by atoms with Gasteiger partial charge in [-0.15, -0.1) is 0 Å². The molecule has 2 aromatic heterocycles. The van der Waals surface area contributed by atoms with Crippen molar-refractivity contribution in [2.75, 3.05) is 25.0 Å². The molecule has 3 heterocycles. The average Bonchev–Trinajstić information content (AvgIpc) is 2.81. The quantitative estimate of drug-likeness (QED) is 0.875. The van der Waals surface area contributed by atoms with Crippen molar-refractivity contribution in [3.8, 4) is 0 Å². The number of halogens is 1. The van der Waals surface area contributed by atoms with Crippen LogP contribution in [-0.2, 0) is 10.2 Å². The summed E-state index contributed by atoms with van der Waals surface area (Å²) >= 11 is 6.18. The third-order valence-electron chi connectivity index (χ3n) is 4.43. The topological polar surface area (TPSA) is 96.8 Å². The van der Waals surface area contributed by atoms with Crippen LogP contribution in [0.4, 0.5) is 5.82 Å². The van der Waals surface area contributed by atoms with Gasteiger partial charge in [-0.2, -0.15) is 17.8 Å². The molecule has 1 fully saturated rings. The summed E-state index contributed by atoms with van der Waals surface area (Å²) in [6.45, 7) is 3.32. The van der Waals surface area contributed by atoms with Crippen molar-refractivity contribution in [1.29, 1.82) is 0 Å². The molecule has 1 aliphatic rings. The van der Waals surface area contributed by atoms with Crippen molar-refractivity contribution < 1.29 is 8.42 Å². The molecule has 8 nitrogen and oxygen atoms in total. The van der Waals surface area contributed by atoms with E-state index in [9.17, 15) is 8.42 Å². The summed E-state index contributed by atoms with van der Waals surface area (Å²) in [7, 11) is -2.13. The molecule has 0 aliphatic carbocycles. The maximum Gasteiger partial charge on any atom is 0.276 e.